The van der Waals surface area contributed by atoms with Crippen LogP contribution in [0.1, 0.15) is 46.0 Å². The molecule has 2 atom stereocenters. The van der Waals surface area contributed by atoms with E-state index < -0.39 is 0 Å². The Morgan fingerprint density at radius 1 is 1.38 bits per heavy atom. The third kappa shape index (κ3) is 4.79. The van der Waals surface area contributed by atoms with Crippen molar-refractivity contribution in [1.29, 1.82) is 0 Å². The summed E-state index contributed by atoms with van der Waals surface area (Å²) in [5, 5.41) is 9.59. The van der Waals surface area contributed by atoms with E-state index in [4.69, 9.17) is 4.74 Å². The molecule has 16 heavy (non-hydrogen) atoms. The Morgan fingerprint density at radius 3 is 2.69 bits per heavy atom. The van der Waals surface area contributed by atoms with E-state index in [1.807, 2.05) is 19.9 Å². The van der Waals surface area contributed by atoms with Gasteiger partial charge in [0.05, 0.1) is 6.10 Å². The van der Waals surface area contributed by atoms with Crippen molar-refractivity contribution in [3.05, 3.63) is 12.2 Å². The van der Waals surface area contributed by atoms with Crippen LogP contribution in [0.3, 0.4) is 0 Å². The summed E-state index contributed by atoms with van der Waals surface area (Å²) < 4.78 is 5.03. The highest BCUT2D eigenvalue weighted by Gasteiger charge is 2.15. The average molecular weight is 226 g/mol. The molecule has 0 fully saturated rings. The van der Waals surface area contributed by atoms with Gasteiger partial charge >= 0.3 is 5.97 Å². The molecule has 1 N–H and O–H groups in total. The molecule has 2 unspecified atom stereocenters. The number of ether oxygens (including phenoxy) is 1. The largest absolute Gasteiger partial charge is 0.455 e. The fourth-order valence-electron chi connectivity index (χ4n) is 1.78. The number of aliphatic hydroxyl groups excluding tert-OH is 1. The first-order chi connectivity index (χ1) is 7.59. The second-order valence-electron chi connectivity index (χ2n) is 4.78. The van der Waals surface area contributed by atoms with E-state index in [0.717, 1.165) is 32.1 Å². The molecule has 3 heteroatoms. The summed E-state index contributed by atoms with van der Waals surface area (Å²) >= 11 is 0. The second-order valence-corrected chi connectivity index (χ2v) is 4.78. The van der Waals surface area contributed by atoms with Crippen LogP contribution < -0.4 is 0 Å². The number of esters is 1. The Morgan fingerprint density at radius 2 is 2.12 bits per heavy atom. The van der Waals surface area contributed by atoms with Crippen LogP contribution in [0.15, 0.2) is 12.2 Å². The maximum absolute atomic E-state index is 10.8. The van der Waals surface area contributed by atoms with Crippen LogP contribution in [-0.4, -0.2) is 23.3 Å². The summed E-state index contributed by atoms with van der Waals surface area (Å²) in [5.74, 6) is 0.124. The normalized spacial score (nSPS) is 21.5. The highest BCUT2D eigenvalue weighted by atomic mass is 16.5. The SMILES string of the molecule is CC(C)C(O)CCCCCC1C=CC(=O)O1. The van der Waals surface area contributed by atoms with Crippen molar-refractivity contribution in [2.24, 2.45) is 5.92 Å². The minimum absolute atomic E-state index is 0.0116. The summed E-state index contributed by atoms with van der Waals surface area (Å²) in [6.07, 6.45) is 8.09. The third-order valence-electron chi connectivity index (χ3n) is 2.97. The van der Waals surface area contributed by atoms with Gasteiger partial charge in [-0.25, -0.2) is 4.79 Å². The van der Waals surface area contributed by atoms with Crippen molar-refractivity contribution >= 4 is 5.97 Å². The van der Waals surface area contributed by atoms with E-state index in [9.17, 15) is 9.90 Å². The van der Waals surface area contributed by atoms with E-state index in [1.165, 1.54) is 6.08 Å². The van der Waals surface area contributed by atoms with Crippen LogP contribution >= 0.6 is 0 Å². The summed E-state index contributed by atoms with van der Waals surface area (Å²) in [5.41, 5.74) is 0. The summed E-state index contributed by atoms with van der Waals surface area (Å²) in [6.45, 7) is 4.07. The zero-order valence-electron chi connectivity index (χ0n) is 10.2. The number of unbranched alkanes of at least 4 members (excludes halogenated alkanes) is 2. The van der Waals surface area contributed by atoms with Gasteiger partial charge in [0.2, 0.25) is 0 Å². The molecule has 0 aliphatic carbocycles. The molecular formula is C13H22O3. The smallest absolute Gasteiger partial charge is 0.331 e. The van der Waals surface area contributed by atoms with Crippen molar-refractivity contribution in [2.45, 2.75) is 58.2 Å². The predicted octanol–water partition coefficient (Wildman–Crippen LogP) is 2.44. The maximum Gasteiger partial charge on any atom is 0.331 e. The number of rotatable bonds is 7. The van der Waals surface area contributed by atoms with E-state index >= 15 is 0 Å². The van der Waals surface area contributed by atoms with Gasteiger partial charge in [-0.3, -0.25) is 0 Å². The molecule has 92 valence electrons. The summed E-state index contributed by atoms with van der Waals surface area (Å²) in [4.78, 5) is 10.8. The Bertz CT molecular complexity index is 246. The van der Waals surface area contributed by atoms with Gasteiger partial charge < -0.3 is 9.84 Å². The zero-order chi connectivity index (χ0) is 12.0. The van der Waals surface area contributed by atoms with Crippen molar-refractivity contribution in [3.63, 3.8) is 0 Å². The molecule has 0 saturated carbocycles. The molecule has 0 bridgehead atoms. The lowest BCUT2D eigenvalue weighted by Crippen LogP contribution is -2.14. The highest BCUT2D eigenvalue weighted by molar-refractivity contribution is 5.84. The lowest BCUT2D eigenvalue weighted by Gasteiger charge is -2.14. The Kier molecular flexibility index (Phi) is 5.53. The Balaban J connectivity index is 1.96. The second kappa shape index (κ2) is 6.69. The fourth-order valence-corrected chi connectivity index (χ4v) is 1.78. The van der Waals surface area contributed by atoms with E-state index in [2.05, 4.69) is 0 Å². The van der Waals surface area contributed by atoms with E-state index in [-0.39, 0.29) is 18.2 Å². The van der Waals surface area contributed by atoms with Crippen LogP contribution in [0.5, 0.6) is 0 Å². The molecule has 0 spiro atoms. The number of cyclic esters (lactones) is 1. The molecule has 1 aliphatic rings. The van der Waals surface area contributed by atoms with E-state index in [1.54, 1.807) is 0 Å². The quantitative estimate of drug-likeness (QED) is 0.535. The highest BCUT2D eigenvalue weighted by Crippen LogP contribution is 2.15. The molecule has 0 aromatic rings. The van der Waals surface area contributed by atoms with Crippen molar-refractivity contribution in [3.8, 4) is 0 Å². The topological polar surface area (TPSA) is 46.5 Å². The van der Waals surface area contributed by atoms with Gasteiger partial charge in [0.25, 0.3) is 0 Å². The number of aliphatic hydroxyl groups is 1. The average Bonchev–Trinajstić information content (AvgIpc) is 2.63. The van der Waals surface area contributed by atoms with Gasteiger partial charge in [0.15, 0.2) is 0 Å². The van der Waals surface area contributed by atoms with Gasteiger partial charge in [-0.1, -0.05) is 26.7 Å². The van der Waals surface area contributed by atoms with Crippen LogP contribution in [0.25, 0.3) is 0 Å². The lowest BCUT2D eigenvalue weighted by atomic mass is 10.00. The molecule has 0 saturated heterocycles. The van der Waals surface area contributed by atoms with E-state index in [0.29, 0.717) is 5.92 Å². The molecule has 1 aliphatic heterocycles. The summed E-state index contributed by atoms with van der Waals surface area (Å²) in [6, 6.07) is 0. The van der Waals surface area contributed by atoms with Crippen molar-refractivity contribution in [2.75, 3.05) is 0 Å². The zero-order valence-corrected chi connectivity index (χ0v) is 10.2. The van der Waals surface area contributed by atoms with Gasteiger partial charge in [-0.15, -0.1) is 0 Å². The summed E-state index contributed by atoms with van der Waals surface area (Å²) in [7, 11) is 0. The molecule has 0 aromatic heterocycles. The Hall–Kier alpha value is -0.830. The number of hydrogen-bond donors (Lipinski definition) is 1. The molecule has 0 aromatic carbocycles. The van der Waals surface area contributed by atoms with Gasteiger partial charge in [-0.05, 0) is 31.3 Å². The van der Waals surface area contributed by atoms with Crippen molar-refractivity contribution in [1.82, 2.24) is 0 Å². The van der Waals surface area contributed by atoms with Gasteiger partial charge in [-0.2, -0.15) is 0 Å². The lowest BCUT2D eigenvalue weighted by molar-refractivity contribution is -0.138. The van der Waals surface area contributed by atoms with Crippen LogP contribution in [0, 0.1) is 5.92 Å². The minimum Gasteiger partial charge on any atom is -0.455 e. The molecule has 0 amide bonds. The third-order valence-corrected chi connectivity index (χ3v) is 2.97. The maximum atomic E-state index is 10.8. The monoisotopic (exact) mass is 226 g/mol. The number of hydrogen-bond acceptors (Lipinski definition) is 3. The molecule has 3 nitrogen and oxygen atoms in total. The fraction of sp³-hybridized carbons (Fsp3) is 0.769. The van der Waals surface area contributed by atoms with Crippen molar-refractivity contribution < 1.29 is 14.6 Å². The molecule has 0 radical (unpaired) electrons. The van der Waals surface area contributed by atoms with Gasteiger partial charge in [0, 0.05) is 6.08 Å². The molecule has 1 heterocycles. The number of carbonyl (C=O) groups excluding carboxylic acids is 1. The first kappa shape index (κ1) is 13.2. The minimum atomic E-state index is -0.222. The number of carbonyl (C=O) groups is 1. The van der Waals surface area contributed by atoms with Gasteiger partial charge in [0.1, 0.15) is 6.10 Å². The standard InChI is InChI=1S/C13H22O3/c1-10(2)12(14)7-5-3-4-6-11-8-9-13(15)16-11/h8-12,14H,3-7H2,1-2H3. The Labute approximate surface area is 97.5 Å². The predicted molar refractivity (Wildman–Crippen MR) is 62.9 cm³/mol. The molecular weight excluding hydrogens is 204 g/mol. The van der Waals surface area contributed by atoms with Crippen LogP contribution in [0.4, 0.5) is 0 Å². The molecule has 1 rings (SSSR count). The van der Waals surface area contributed by atoms with Crippen LogP contribution in [0.2, 0.25) is 0 Å². The first-order valence-electron chi connectivity index (χ1n) is 6.16. The van der Waals surface area contributed by atoms with Crippen LogP contribution in [-0.2, 0) is 9.53 Å². The first-order valence-corrected chi connectivity index (χ1v) is 6.16.